The number of hydrogen-bond acceptors (Lipinski definition) is 4. The van der Waals surface area contributed by atoms with E-state index in [4.69, 9.17) is 11.6 Å². The van der Waals surface area contributed by atoms with Crippen molar-refractivity contribution in [2.75, 3.05) is 15.6 Å². The number of sulfone groups is 1. The Bertz CT molecular complexity index is 1440. The van der Waals surface area contributed by atoms with Gasteiger partial charge in [0.2, 0.25) is 5.91 Å². The standard InChI is InChI=1S/C24H18ClFN2O4S/c1-15-9-10-18(12-20(15)26)28-22(29)14-33(31,32)24(28)19-7-2-3-8-21(19)27(23(24)30)13-16-5-4-6-17(25)11-16/h2-12H,13-14H2,1H3. The minimum atomic E-state index is -4.32. The second kappa shape index (κ2) is 7.40. The summed E-state index contributed by atoms with van der Waals surface area (Å²) in [5.41, 5.74) is 1.58. The SMILES string of the molecule is Cc1ccc(N2C(=O)CS(=O)(=O)C23C(=O)N(Cc2cccc(Cl)c2)c2ccccc23)cc1F. The topological polar surface area (TPSA) is 74.8 Å². The Balaban J connectivity index is 1.74. The lowest BCUT2D eigenvalue weighted by Crippen LogP contribution is -2.54. The molecule has 0 radical (unpaired) electrons. The van der Waals surface area contributed by atoms with Crippen LogP contribution in [0.2, 0.25) is 5.02 Å². The van der Waals surface area contributed by atoms with Gasteiger partial charge in [0.05, 0.1) is 12.2 Å². The smallest absolute Gasteiger partial charge is 0.274 e. The summed E-state index contributed by atoms with van der Waals surface area (Å²) in [6.45, 7) is 1.61. The maximum Gasteiger partial charge on any atom is 0.274 e. The fraction of sp³-hybridized carbons (Fsp3) is 0.167. The first-order valence-corrected chi connectivity index (χ1v) is 12.2. The highest BCUT2D eigenvalue weighted by atomic mass is 35.5. The number of amides is 2. The van der Waals surface area contributed by atoms with Crippen molar-refractivity contribution in [3.8, 4) is 0 Å². The summed E-state index contributed by atoms with van der Waals surface area (Å²) < 4.78 is 41.5. The van der Waals surface area contributed by atoms with Gasteiger partial charge in [-0.2, -0.15) is 0 Å². The predicted octanol–water partition coefficient (Wildman–Crippen LogP) is 3.95. The number of halogens is 2. The van der Waals surface area contributed by atoms with E-state index in [1.807, 2.05) is 0 Å². The van der Waals surface area contributed by atoms with E-state index in [0.29, 0.717) is 21.8 Å². The van der Waals surface area contributed by atoms with Crippen molar-refractivity contribution >= 4 is 44.6 Å². The maximum atomic E-state index is 14.4. The summed E-state index contributed by atoms with van der Waals surface area (Å²) in [6, 6.07) is 17.3. The summed E-state index contributed by atoms with van der Waals surface area (Å²) in [4.78, 5) is 27.0. The van der Waals surface area contributed by atoms with E-state index >= 15 is 0 Å². The van der Waals surface area contributed by atoms with E-state index in [2.05, 4.69) is 0 Å². The number of para-hydroxylation sites is 1. The molecule has 3 aromatic rings. The fourth-order valence-electron chi connectivity index (χ4n) is 4.59. The van der Waals surface area contributed by atoms with Crippen LogP contribution in [0.15, 0.2) is 66.7 Å². The Hall–Kier alpha value is -3.23. The number of benzene rings is 3. The van der Waals surface area contributed by atoms with Gasteiger partial charge in [-0.15, -0.1) is 0 Å². The van der Waals surface area contributed by atoms with Gasteiger partial charge < -0.3 is 4.90 Å². The molecule has 1 atom stereocenters. The highest BCUT2D eigenvalue weighted by Gasteiger charge is 2.69. The quantitative estimate of drug-likeness (QED) is 0.564. The van der Waals surface area contributed by atoms with Crippen LogP contribution in [0.3, 0.4) is 0 Å². The van der Waals surface area contributed by atoms with Crippen LogP contribution >= 0.6 is 11.6 Å². The molecule has 168 valence electrons. The molecule has 1 fully saturated rings. The molecule has 2 aliphatic heterocycles. The summed E-state index contributed by atoms with van der Waals surface area (Å²) in [7, 11) is -4.32. The van der Waals surface area contributed by atoms with Gasteiger partial charge in [-0.1, -0.05) is 48.0 Å². The van der Waals surface area contributed by atoms with E-state index in [9.17, 15) is 22.4 Å². The van der Waals surface area contributed by atoms with Gasteiger partial charge in [0.15, 0.2) is 9.84 Å². The Labute approximate surface area is 195 Å². The first-order chi connectivity index (χ1) is 15.7. The van der Waals surface area contributed by atoms with Crippen molar-refractivity contribution in [2.24, 2.45) is 0 Å². The predicted molar refractivity (Wildman–Crippen MR) is 123 cm³/mol. The average molecular weight is 485 g/mol. The third-order valence-electron chi connectivity index (χ3n) is 6.07. The number of fused-ring (bicyclic) bond motifs is 2. The zero-order valence-corrected chi connectivity index (χ0v) is 19.0. The van der Waals surface area contributed by atoms with E-state index in [-0.39, 0.29) is 17.8 Å². The highest BCUT2D eigenvalue weighted by Crippen LogP contribution is 2.52. The number of carbonyl (C=O) groups is 2. The van der Waals surface area contributed by atoms with Crippen LogP contribution in [0.5, 0.6) is 0 Å². The molecule has 0 aromatic heterocycles. The Morgan fingerprint density at radius 2 is 1.79 bits per heavy atom. The van der Waals surface area contributed by atoms with Gasteiger partial charge in [0, 0.05) is 16.3 Å². The molecule has 1 saturated heterocycles. The van der Waals surface area contributed by atoms with Gasteiger partial charge >= 0.3 is 0 Å². The van der Waals surface area contributed by atoms with Crippen LogP contribution in [0.1, 0.15) is 16.7 Å². The second-order valence-electron chi connectivity index (χ2n) is 8.10. The molecule has 1 spiro atoms. The molecule has 3 aromatic carbocycles. The maximum absolute atomic E-state index is 14.4. The minimum Gasteiger partial charge on any atom is -0.304 e. The van der Waals surface area contributed by atoms with Crippen molar-refractivity contribution in [3.63, 3.8) is 0 Å². The van der Waals surface area contributed by atoms with Gasteiger partial charge in [-0.25, -0.2) is 12.8 Å². The molecule has 9 heteroatoms. The number of nitrogens with zero attached hydrogens (tertiary/aromatic N) is 2. The number of anilines is 2. The Morgan fingerprint density at radius 3 is 2.52 bits per heavy atom. The average Bonchev–Trinajstić information content (AvgIpc) is 3.13. The van der Waals surface area contributed by atoms with E-state index in [1.54, 1.807) is 49.4 Å². The fourth-order valence-corrected chi connectivity index (χ4v) is 6.83. The van der Waals surface area contributed by atoms with Gasteiger partial charge in [-0.3, -0.25) is 14.5 Å². The van der Waals surface area contributed by atoms with Crippen LogP contribution in [0.25, 0.3) is 0 Å². The van der Waals surface area contributed by atoms with Gasteiger partial charge in [-0.05, 0) is 48.4 Å². The molecule has 1 unspecified atom stereocenters. The van der Waals surface area contributed by atoms with Crippen LogP contribution in [0.4, 0.5) is 15.8 Å². The molecule has 2 amide bonds. The van der Waals surface area contributed by atoms with Crippen molar-refractivity contribution < 1.29 is 22.4 Å². The Kier molecular flexibility index (Phi) is 4.84. The zero-order chi connectivity index (χ0) is 23.5. The molecule has 5 rings (SSSR count). The van der Waals surface area contributed by atoms with Crippen LogP contribution in [-0.2, 0) is 30.8 Å². The summed E-state index contributed by atoms with van der Waals surface area (Å²) in [5.74, 6) is -3.02. The first-order valence-electron chi connectivity index (χ1n) is 10.1. The molecule has 2 aliphatic rings. The van der Waals surface area contributed by atoms with Crippen molar-refractivity contribution in [1.29, 1.82) is 0 Å². The molecular weight excluding hydrogens is 467 g/mol. The normalized spacial score (nSPS) is 21.2. The number of rotatable bonds is 3. The lowest BCUT2D eigenvalue weighted by atomic mass is 10.0. The number of carbonyl (C=O) groups excluding carboxylic acids is 2. The summed E-state index contributed by atoms with van der Waals surface area (Å²) in [5, 5.41) is 0.475. The lowest BCUT2D eigenvalue weighted by Gasteiger charge is -2.32. The number of hydrogen-bond donors (Lipinski definition) is 0. The third-order valence-corrected chi connectivity index (χ3v) is 8.41. The third kappa shape index (κ3) is 3.01. The number of aryl methyl sites for hydroxylation is 1. The second-order valence-corrected chi connectivity index (χ2v) is 10.6. The van der Waals surface area contributed by atoms with Crippen LogP contribution < -0.4 is 9.80 Å². The molecule has 0 N–H and O–H groups in total. The molecular formula is C24H18ClFN2O4S. The van der Waals surface area contributed by atoms with Crippen LogP contribution in [-0.4, -0.2) is 26.0 Å². The van der Waals surface area contributed by atoms with Gasteiger partial charge in [0.25, 0.3) is 10.8 Å². The molecule has 33 heavy (non-hydrogen) atoms. The van der Waals surface area contributed by atoms with Gasteiger partial charge in [0.1, 0.15) is 11.6 Å². The largest absolute Gasteiger partial charge is 0.304 e. The lowest BCUT2D eigenvalue weighted by molar-refractivity contribution is -0.123. The molecule has 0 saturated carbocycles. The van der Waals surface area contributed by atoms with E-state index in [0.717, 1.165) is 11.0 Å². The monoisotopic (exact) mass is 484 g/mol. The zero-order valence-electron chi connectivity index (χ0n) is 17.5. The molecule has 6 nitrogen and oxygen atoms in total. The molecule has 2 heterocycles. The summed E-state index contributed by atoms with van der Waals surface area (Å²) >= 11 is 6.09. The van der Waals surface area contributed by atoms with Crippen molar-refractivity contribution in [3.05, 3.63) is 94.3 Å². The van der Waals surface area contributed by atoms with E-state index in [1.165, 1.54) is 23.1 Å². The van der Waals surface area contributed by atoms with E-state index < -0.39 is 38.1 Å². The minimum absolute atomic E-state index is 0.0110. The van der Waals surface area contributed by atoms with Crippen molar-refractivity contribution in [1.82, 2.24) is 0 Å². The summed E-state index contributed by atoms with van der Waals surface area (Å²) in [6.07, 6.45) is 0. The van der Waals surface area contributed by atoms with Crippen LogP contribution in [0, 0.1) is 12.7 Å². The first kappa shape index (κ1) is 21.6. The molecule has 0 aliphatic carbocycles. The van der Waals surface area contributed by atoms with Crippen molar-refractivity contribution in [2.45, 2.75) is 18.3 Å². The Morgan fingerprint density at radius 1 is 1.03 bits per heavy atom. The highest BCUT2D eigenvalue weighted by molar-refractivity contribution is 7.94. The molecule has 0 bridgehead atoms.